The number of unbranched alkanes of at least 4 members (excludes halogenated alkanes) is 26. The number of aliphatic hydroxyl groups excluding tert-OH is 4. The monoisotopic (exact) mass is 1010 g/mol. The predicted molar refractivity (Wildman–Crippen MR) is 302 cm³/mol. The standard InChI is InChI=1S/C63H110O9/c1-3-5-7-9-11-13-15-17-19-21-23-25-27-28-29-31-33-35-37-39-41-43-45-47-49-51-53-69-55-57(56-70-63-62(68)61(67)60(66)58(54-64)72-63)71-59(65)52-50-48-46-44-42-40-38-36-34-32-30-26-24-22-20-18-16-14-12-10-8-6-4-2/h5,7,11,13,17,19,23,25,28-29,33,35,39,41,57-58,60-64,66-68H,3-4,6,8-10,12,14-16,18,20-22,24,26-27,30-32,34,36-38,40,42-56H2,1-2H3/b7-5-,13-11-,19-17-,25-23-,29-28-,35-33-,41-39-. The molecule has 0 aliphatic carbocycles. The van der Waals surface area contributed by atoms with E-state index in [1.54, 1.807) is 0 Å². The van der Waals surface area contributed by atoms with Crippen LogP contribution in [0.5, 0.6) is 0 Å². The first kappa shape index (κ1) is 67.4. The van der Waals surface area contributed by atoms with Crippen molar-refractivity contribution in [1.29, 1.82) is 0 Å². The van der Waals surface area contributed by atoms with E-state index in [2.05, 4.69) is 98.9 Å². The Morgan fingerprint density at radius 2 is 0.847 bits per heavy atom. The number of ether oxygens (including phenoxy) is 4. The highest BCUT2D eigenvalue weighted by molar-refractivity contribution is 5.69. The highest BCUT2D eigenvalue weighted by Gasteiger charge is 2.44. The van der Waals surface area contributed by atoms with Gasteiger partial charge in [-0.3, -0.25) is 4.79 Å². The second-order valence-corrected chi connectivity index (χ2v) is 20.1. The van der Waals surface area contributed by atoms with Gasteiger partial charge in [-0.15, -0.1) is 0 Å². The molecule has 0 radical (unpaired) electrons. The number of carbonyl (C=O) groups is 1. The van der Waals surface area contributed by atoms with Crippen LogP contribution in [0.15, 0.2) is 85.1 Å². The summed E-state index contributed by atoms with van der Waals surface area (Å²) in [5.74, 6) is -0.321. The fourth-order valence-corrected chi connectivity index (χ4v) is 8.77. The van der Waals surface area contributed by atoms with Crippen LogP contribution in [0.25, 0.3) is 0 Å². The van der Waals surface area contributed by atoms with Gasteiger partial charge in [-0.2, -0.15) is 0 Å². The summed E-state index contributed by atoms with van der Waals surface area (Å²) in [7, 11) is 0. The fourth-order valence-electron chi connectivity index (χ4n) is 8.77. The SMILES string of the molecule is CC/C=C\C/C=C\C/C=C\C/C=C\C/C=C\C/C=C\C/C=C\CCCCCCOCC(COC1OC(CO)C(O)C(O)C1O)OC(=O)CCCCCCCCCCCCCCCCCCCCCCCCC. The minimum absolute atomic E-state index is 0.125. The Labute approximate surface area is 441 Å². The summed E-state index contributed by atoms with van der Waals surface area (Å²) in [5, 5.41) is 40.4. The van der Waals surface area contributed by atoms with Gasteiger partial charge in [-0.1, -0.05) is 253 Å². The van der Waals surface area contributed by atoms with E-state index < -0.39 is 43.4 Å². The third-order valence-electron chi connectivity index (χ3n) is 13.3. The third kappa shape index (κ3) is 42.7. The van der Waals surface area contributed by atoms with Crippen LogP contribution >= 0.6 is 0 Å². The zero-order chi connectivity index (χ0) is 52.1. The van der Waals surface area contributed by atoms with Crippen LogP contribution in [0.1, 0.15) is 245 Å². The van der Waals surface area contributed by atoms with Crippen molar-refractivity contribution in [2.45, 2.75) is 282 Å². The molecule has 1 aliphatic rings. The van der Waals surface area contributed by atoms with E-state index in [-0.39, 0.29) is 19.2 Å². The molecular formula is C63H110O9. The number of rotatable bonds is 51. The maximum absolute atomic E-state index is 12.9. The van der Waals surface area contributed by atoms with E-state index in [4.69, 9.17) is 18.9 Å². The van der Waals surface area contributed by atoms with Crippen molar-refractivity contribution in [3.63, 3.8) is 0 Å². The fraction of sp³-hybridized carbons (Fsp3) is 0.762. The maximum Gasteiger partial charge on any atom is 0.306 e. The van der Waals surface area contributed by atoms with Gasteiger partial charge in [-0.05, 0) is 70.6 Å². The molecule has 0 saturated carbocycles. The number of esters is 1. The summed E-state index contributed by atoms with van der Waals surface area (Å²) < 4.78 is 23.0. The molecule has 0 amide bonds. The van der Waals surface area contributed by atoms with Crippen molar-refractivity contribution >= 4 is 5.97 Å². The van der Waals surface area contributed by atoms with Crippen LogP contribution in [-0.2, 0) is 23.7 Å². The van der Waals surface area contributed by atoms with E-state index in [0.29, 0.717) is 13.0 Å². The molecule has 6 atom stereocenters. The quantitative estimate of drug-likeness (QED) is 0.0267. The first-order chi connectivity index (χ1) is 35.4. The first-order valence-electron chi connectivity index (χ1n) is 29.7. The lowest BCUT2D eigenvalue weighted by Crippen LogP contribution is -2.59. The van der Waals surface area contributed by atoms with E-state index in [9.17, 15) is 25.2 Å². The van der Waals surface area contributed by atoms with Crippen LogP contribution in [0.4, 0.5) is 0 Å². The Hall–Kier alpha value is -2.63. The van der Waals surface area contributed by atoms with Crippen molar-refractivity contribution in [2.24, 2.45) is 0 Å². The molecule has 72 heavy (non-hydrogen) atoms. The average molecular weight is 1010 g/mol. The third-order valence-corrected chi connectivity index (χ3v) is 13.3. The lowest BCUT2D eigenvalue weighted by molar-refractivity contribution is -0.305. The Kier molecular flexibility index (Phi) is 49.8. The molecule has 1 rings (SSSR count). The van der Waals surface area contributed by atoms with Crippen molar-refractivity contribution in [3.8, 4) is 0 Å². The van der Waals surface area contributed by atoms with Gasteiger partial charge in [0.1, 0.15) is 30.5 Å². The molecule has 0 bridgehead atoms. The normalized spacial score (nSPS) is 19.3. The molecule has 4 N–H and O–H groups in total. The second kappa shape index (κ2) is 53.2. The molecular weight excluding hydrogens is 901 g/mol. The number of hydrogen-bond donors (Lipinski definition) is 4. The van der Waals surface area contributed by atoms with Gasteiger partial charge < -0.3 is 39.4 Å². The largest absolute Gasteiger partial charge is 0.457 e. The summed E-state index contributed by atoms with van der Waals surface area (Å²) in [5.41, 5.74) is 0. The molecule has 1 aliphatic heterocycles. The van der Waals surface area contributed by atoms with Crippen LogP contribution in [0.3, 0.4) is 0 Å². The zero-order valence-electron chi connectivity index (χ0n) is 46.2. The summed E-state index contributed by atoms with van der Waals surface area (Å²) in [6, 6.07) is 0. The Bertz CT molecular complexity index is 1380. The highest BCUT2D eigenvalue weighted by atomic mass is 16.7. The molecule has 6 unspecified atom stereocenters. The highest BCUT2D eigenvalue weighted by Crippen LogP contribution is 2.23. The first-order valence-corrected chi connectivity index (χ1v) is 29.7. The van der Waals surface area contributed by atoms with Gasteiger partial charge in [-0.25, -0.2) is 0 Å². The lowest BCUT2D eigenvalue weighted by Gasteiger charge is -2.39. The second-order valence-electron chi connectivity index (χ2n) is 20.1. The summed E-state index contributed by atoms with van der Waals surface area (Å²) in [6.07, 6.45) is 66.3. The average Bonchev–Trinajstić information content (AvgIpc) is 3.38. The van der Waals surface area contributed by atoms with Crippen LogP contribution < -0.4 is 0 Å². The van der Waals surface area contributed by atoms with Gasteiger partial charge in [0.05, 0.1) is 19.8 Å². The van der Waals surface area contributed by atoms with Crippen LogP contribution in [0.2, 0.25) is 0 Å². The van der Waals surface area contributed by atoms with E-state index >= 15 is 0 Å². The van der Waals surface area contributed by atoms with Gasteiger partial charge in [0, 0.05) is 13.0 Å². The van der Waals surface area contributed by atoms with Gasteiger partial charge >= 0.3 is 5.97 Å². The summed E-state index contributed by atoms with van der Waals surface area (Å²) in [4.78, 5) is 12.9. The molecule has 0 aromatic carbocycles. The minimum Gasteiger partial charge on any atom is -0.457 e. The molecule has 1 heterocycles. The predicted octanol–water partition coefficient (Wildman–Crippen LogP) is 15.7. The molecule has 0 aromatic rings. The van der Waals surface area contributed by atoms with Gasteiger partial charge in [0.25, 0.3) is 0 Å². The summed E-state index contributed by atoms with van der Waals surface area (Å²) >= 11 is 0. The van der Waals surface area contributed by atoms with Crippen molar-refractivity contribution in [3.05, 3.63) is 85.1 Å². The van der Waals surface area contributed by atoms with Gasteiger partial charge in [0.15, 0.2) is 6.29 Å². The van der Waals surface area contributed by atoms with E-state index in [1.807, 2.05) is 0 Å². The molecule has 1 fully saturated rings. The molecule has 0 spiro atoms. The van der Waals surface area contributed by atoms with E-state index in [0.717, 1.165) is 96.3 Å². The van der Waals surface area contributed by atoms with Crippen LogP contribution in [0, 0.1) is 0 Å². The zero-order valence-corrected chi connectivity index (χ0v) is 46.2. The number of allylic oxidation sites excluding steroid dienone is 14. The Balaban J connectivity index is 2.18. The molecule has 0 aromatic heterocycles. The topological polar surface area (TPSA) is 135 Å². The maximum atomic E-state index is 12.9. The molecule has 416 valence electrons. The smallest absolute Gasteiger partial charge is 0.306 e. The number of carbonyl (C=O) groups excluding carboxylic acids is 1. The summed E-state index contributed by atoms with van der Waals surface area (Å²) in [6.45, 7) is 4.41. The van der Waals surface area contributed by atoms with Crippen molar-refractivity contribution in [2.75, 3.05) is 26.4 Å². The molecule has 1 saturated heterocycles. The van der Waals surface area contributed by atoms with Gasteiger partial charge in [0.2, 0.25) is 0 Å². The van der Waals surface area contributed by atoms with Crippen molar-refractivity contribution in [1.82, 2.24) is 0 Å². The Morgan fingerprint density at radius 1 is 0.458 bits per heavy atom. The number of hydrogen-bond acceptors (Lipinski definition) is 9. The molecule has 9 nitrogen and oxygen atoms in total. The van der Waals surface area contributed by atoms with Crippen LogP contribution in [-0.4, -0.2) is 89.6 Å². The number of aliphatic hydroxyl groups is 4. The lowest BCUT2D eigenvalue weighted by atomic mass is 9.99. The van der Waals surface area contributed by atoms with Crippen molar-refractivity contribution < 1.29 is 44.2 Å². The molecule has 9 heteroatoms. The minimum atomic E-state index is -1.55. The van der Waals surface area contributed by atoms with E-state index in [1.165, 1.54) is 128 Å². The Morgan fingerprint density at radius 3 is 1.28 bits per heavy atom.